The summed E-state index contributed by atoms with van der Waals surface area (Å²) in [5.74, 6) is 0.0826. The van der Waals surface area contributed by atoms with Crippen LogP contribution in [-0.4, -0.2) is 24.5 Å². The second-order valence-corrected chi connectivity index (χ2v) is 5.34. The SMILES string of the molecule is COc1cc(C=C(C#N)C#N)ccc1OCC(=O)Nc1cccc([N+](=O)[O-])c1. The molecular weight excluding hydrogens is 364 g/mol. The summed E-state index contributed by atoms with van der Waals surface area (Å²) < 4.78 is 10.6. The summed E-state index contributed by atoms with van der Waals surface area (Å²) in [6.07, 6.45) is 1.39. The lowest BCUT2D eigenvalue weighted by molar-refractivity contribution is -0.384. The van der Waals surface area contributed by atoms with Crippen molar-refractivity contribution in [1.29, 1.82) is 10.5 Å². The molecule has 0 fully saturated rings. The summed E-state index contributed by atoms with van der Waals surface area (Å²) in [6, 6.07) is 13.8. The van der Waals surface area contributed by atoms with Gasteiger partial charge in [0.15, 0.2) is 18.1 Å². The third kappa shape index (κ3) is 5.31. The number of nitriles is 2. The minimum atomic E-state index is -0.558. The highest BCUT2D eigenvalue weighted by Gasteiger charge is 2.11. The fraction of sp³-hybridized carbons (Fsp3) is 0.105. The number of allylic oxidation sites excluding steroid dienone is 1. The van der Waals surface area contributed by atoms with Gasteiger partial charge in [-0.25, -0.2) is 0 Å². The number of ether oxygens (including phenoxy) is 2. The Labute approximate surface area is 160 Å². The molecule has 1 N–H and O–H groups in total. The smallest absolute Gasteiger partial charge is 0.271 e. The number of nitrogens with one attached hydrogen (secondary N) is 1. The molecule has 1 amide bonds. The Morgan fingerprint density at radius 1 is 1.21 bits per heavy atom. The van der Waals surface area contributed by atoms with Crippen LogP contribution in [0.2, 0.25) is 0 Å². The van der Waals surface area contributed by atoms with Crippen LogP contribution in [0, 0.1) is 32.8 Å². The highest BCUT2D eigenvalue weighted by atomic mass is 16.6. The first kappa shape index (κ1) is 19.9. The molecule has 0 aliphatic rings. The number of amides is 1. The molecule has 0 spiro atoms. The number of rotatable bonds is 7. The van der Waals surface area contributed by atoms with E-state index in [1.54, 1.807) is 24.3 Å². The quantitative estimate of drug-likeness (QED) is 0.444. The Kier molecular flexibility index (Phi) is 6.67. The van der Waals surface area contributed by atoms with Crippen LogP contribution in [0.1, 0.15) is 5.56 Å². The molecule has 0 unspecified atom stereocenters. The molecule has 2 rings (SSSR count). The summed E-state index contributed by atoms with van der Waals surface area (Å²) in [4.78, 5) is 22.2. The van der Waals surface area contributed by atoms with E-state index < -0.39 is 10.8 Å². The van der Waals surface area contributed by atoms with Gasteiger partial charge in [0.05, 0.1) is 12.0 Å². The van der Waals surface area contributed by atoms with Crippen LogP contribution < -0.4 is 14.8 Å². The number of anilines is 1. The second kappa shape index (κ2) is 9.36. The van der Waals surface area contributed by atoms with Gasteiger partial charge >= 0.3 is 0 Å². The van der Waals surface area contributed by atoms with Crippen molar-refractivity contribution in [3.63, 3.8) is 0 Å². The molecule has 28 heavy (non-hydrogen) atoms. The molecule has 0 saturated carbocycles. The Morgan fingerprint density at radius 3 is 2.61 bits per heavy atom. The van der Waals surface area contributed by atoms with Gasteiger partial charge in [-0.15, -0.1) is 0 Å². The van der Waals surface area contributed by atoms with Crippen molar-refractivity contribution in [2.45, 2.75) is 0 Å². The minimum Gasteiger partial charge on any atom is -0.493 e. The van der Waals surface area contributed by atoms with E-state index >= 15 is 0 Å². The zero-order chi connectivity index (χ0) is 20.5. The van der Waals surface area contributed by atoms with Crippen LogP contribution >= 0.6 is 0 Å². The van der Waals surface area contributed by atoms with Crippen molar-refractivity contribution >= 4 is 23.4 Å². The maximum absolute atomic E-state index is 12.0. The summed E-state index contributed by atoms with van der Waals surface area (Å²) in [5, 5.41) is 30.9. The van der Waals surface area contributed by atoms with Gasteiger partial charge in [-0.1, -0.05) is 12.1 Å². The molecule has 0 aliphatic carbocycles. The van der Waals surface area contributed by atoms with Crippen molar-refractivity contribution in [3.05, 3.63) is 63.7 Å². The molecule has 0 bridgehead atoms. The molecule has 9 nitrogen and oxygen atoms in total. The van der Waals surface area contributed by atoms with E-state index in [0.29, 0.717) is 11.3 Å². The third-order valence-electron chi connectivity index (χ3n) is 3.44. The minimum absolute atomic E-state index is 0.0629. The predicted octanol–water partition coefficient (Wildman–Crippen LogP) is 3.05. The maximum atomic E-state index is 12.0. The highest BCUT2D eigenvalue weighted by Crippen LogP contribution is 2.29. The lowest BCUT2D eigenvalue weighted by Gasteiger charge is -2.11. The summed E-state index contributed by atoms with van der Waals surface area (Å²) >= 11 is 0. The van der Waals surface area contributed by atoms with Crippen molar-refractivity contribution in [2.75, 3.05) is 19.0 Å². The Bertz CT molecular complexity index is 1000. The van der Waals surface area contributed by atoms with Gasteiger partial charge < -0.3 is 14.8 Å². The van der Waals surface area contributed by atoms with Gasteiger partial charge in [-0.2, -0.15) is 10.5 Å². The number of carbonyl (C=O) groups excluding carboxylic acids is 1. The van der Waals surface area contributed by atoms with E-state index in [1.165, 1.54) is 43.5 Å². The van der Waals surface area contributed by atoms with Crippen LogP contribution in [0.3, 0.4) is 0 Å². The molecule has 0 heterocycles. The number of carbonyl (C=O) groups is 1. The molecule has 2 aromatic rings. The zero-order valence-corrected chi connectivity index (χ0v) is 14.7. The standard InChI is InChI=1S/C19H14N4O5/c1-27-18-8-13(7-14(10-20)11-21)5-6-17(18)28-12-19(24)22-15-3-2-4-16(9-15)23(25)26/h2-9H,12H2,1H3,(H,22,24). The molecule has 9 heteroatoms. The number of nitro benzene ring substituents is 1. The van der Waals surface area contributed by atoms with Gasteiger partial charge in [0.2, 0.25) is 0 Å². The highest BCUT2D eigenvalue weighted by molar-refractivity contribution is 5.92. The van der Waals surface area contributed by atoms with E-state index in [1.807, 2.05) is 0 Å². The number of benzene rings is 2. The lowest BCUT2D eigenvalue weighted by atomic mass is 10.1. The zero-order valence-electron chi connectivity index (χ0n) is 14.7. The van der Waals surface area contributed by atoms with E-state index in [2.05, 4.69) is 5.32 Å². The normalized spacial score (nSPS) is 9.39. The van der Waals surface area contributed by atoms with Crippen LogP contribution in [0.15, 0.2) is 48.0 Å². The fourth-order valence-electron chi connectivity index (χ4n) is 2.19. The molecule has 0 radical (unpaired) electrons. The number of hydrogen-bond acceptors (Lipinski definition) is 7. The van der Waals surface area contributed by atoms with Gasteiger partial charge in [0, 0.05) is 17.8 Å². The van der Waals surface area contributed by atoms with Gasteiger partial charge in [0.1, 0.15) is 17.7 Å². The Hall–Kier alpha value is -4.37. The Morgan fingerprint density at radius 2 is 1.96 bits per heavy atom. The first-order valence-electron chi connectivity index (χ1n) is 7.84. The summed E-state index contributed by atoms with van der Waals surface area (Å²) in [5.41, 5.74) is 0.629. The molecule has 0 saturated heterocycles. The number of non-ortho nitro benzene ring substituents is 1. The van der Waals surface area contributed by atoms with Crippen LogP contribution in [0.4, 0.5) is 11.4 Å². The first-order valence-corrected chi connectivity index (χ1v) is 7.84. The Balaban J connectivity index is 2.06. The fourth-order valence-corrected chi connectivity index (χ4v) is 2.19. The van der Waals surface area contributed by atoms with Gasteiger partial charge in [0.25, 0.3) is 11.6 Å². The van der Waals surface area contributed by atoms with Crippen molar-refractivity contribution in [2.24, 2.45) is 0 Å². The monoisotopic (exact) mass is 378 g/mol. The second-order valence-electron chi connectivity index (χ2n) is 5.34. The van der Waals surface area contributed by atoms with Crippen LogP contribution in [0.25, 0.3) is 6.08 Å². The average Bonchev–Trinajstić information content (AvgIpc) is 2.70. The maximum Gasteiger partial charge on any atom is 0.271 e. The van der Waals surface area contributed by atoms with Gasteiger partial charge in [-0.3, -0.25) is 14.9 Å². The van der Waals surface area contributed by atoms with Crippen LogP contribution in [-0.2, 0) is 4.79 Å². The van der Waals surface area contributed by atoms with Crippen LogP contribution in [0.5, 0.6) is 11.5 Å². The number of hydrogen-bond donors (Lipinski definition) is 1. The van der Waals surface area contributed by atoms with Crippen molar-refractivity contribution in [3.8, 4) is 23.6 Å². The van der Waals surface area contributed by atoms with Crippen molar-refractivity contribution in [1.82, 2.24) is 0 Å². The van der Waals surface area contributed by atoms with Crippen molar-refractivity contribution < 1.29 is 19.2 Å². The predicted molar refractivity (Wildman–Crippen MR) is 99.4 cm³/mol. The lowest BCUT2D eigenvalue weighted by Crippen LogP contribution is -2.20. The molecular formula is C19H14N4O5. The molecule has 0 aliphatic heterocycles. The van der Waals surface area contributed by atoms with E-state index in [4.69, 9.17) is 20.0 Å². The summed E-state index contributed by atoms with van der Waals surface area (Å²) in [6.45, 7) is -0.351. The third-order valence-corrected chi connectivity index (χ3v) is 3.44. The van der Waals surface area contributed by atoms with Gasteiger partial charge in [-0.05, 0) is 29.8 Å². The number of nitrogens with zero attached hydrogens (tertiary/aromatic N) is 3. The first-order chi connectivity index (χ1) is 13.5. The molecule has 140 valence electrons. The topological polar surface area (TPSA) is 138 Å². The van der Waals surface area contributed by atoms with E-state index in [-0.39, 0.29) is 29.3 Å². The molecule has 0 aromatic heterocycles. The number of methoxy groups -OCH3 is 1. The largest absolute Gasteiger partial charge is 0.493 e. The molecule has 0 atom stereocenters. The average molecular weight is 378 g/mol. The molecule has 2 aromatic carbocycles. The van der Waals surface area contributed by atoms with E-state index in [9.17, 15) is 14.9 Å². The number of nitro groups is 1. The summed E-state index contributed by atoms with van der Waals surface area (Å²) in [7, 11) is 1.41. The van der Waals surface area contributed by atoms with E-state index in [0.717, 1.165) is 0 Å².